The van der Waals surface area contributed by atoms with Gasteiger partial charge >= 0.3 is 0 Å². The topological polar surface area (TPSA) is 59.8 Å². The third-order valence-electron chi connectivity index (χ3n) is 4.93. The first kappa shape index (κ1) is 18.0. The standard InChI is InChI=1S/C19H26N4OS/c1-13-8-10-15(11-9-13)18-21-22-19(23(18)3)25-12-17(24)20-16-7-5-4-6-14(16)2/h8-11,14,16H,4-7,12H2,1-3H3,(H,20,24)/t14-,16+/m0/s1. The number of carbonyl (C=O) groups excluding carboxylic acids is 1. The van der Waals surface area contributed by atoms with Crippen molar-refractivity contribution in [2.24, 2.45) is 13.0 Å². The summed E-state index contributed by atoms with van der Waals surface area (Å²) in [6.07, 6.45) is 4.80. The molecule has 134 valence electrons. The smallest absolute Gasteiger partial charge is 0.230 e. The molecule has 1 fully saturated rings. The van der Waals surface area contributed by atoms with E-state index >= 15 is 0 Å². The number of hydrogen-bond acceptors (Lipinski definition) is 4. The van der Waals surface area contributed by atoms with E-state index in [0.717, 1.165) is 23.0 Å². The van der Waals surface area contributed by atoms with E-state index in [9.17, 15) is 4.79 Å². The Morgan fingerprint density at radius 2 is 1.96 bits per heavy atom. The summed E-state index contributed by atoms with van der Waals surface area (Å²) in [5.74, 6) is 1.86. The van der Waals surface area contributed by atoms with E-state index in [-0.39, 0.29) is 5.91 Å². The molecule has 1 aliphatic rings. The molecule has 1 aliphatic carbocycles. The van der Waals surface area contributed by atoms with E-state index in [2.05, 4.69) is 41.5 Å². The summed E-state index contributed by atoms with van der Waals surface area (Å²) in [6.45, 7) is 4.29. The lowest BCUT2D eigenvalue weighted by molar-refractivity contribution is -0.119. The highest BCUT2D eigenvalue weighted by atomic mass is 32.2. The molecular formula is C19H26N4OS. The largest absolute Gasteiger partial charge is 0.352 e. The molecular weight excluding hydrogens is 332 g/mol. The van der Waals surface area contributed by atoms with Gasteiger partial charge in [0, 0.05) is 18.7 Å². The van der Waals surface area contributed by atoms with Crippen LogP contribution >= 0.6 is 11.8 Å². The van der Waals surface area contributed by atoms with Crippen LogP contribution in [0.5, 0.6) is 0 Å². The second-order valence-electron chi connectivity index (χ2n) is 6.96. The number of nitrogens with zero attached hydrogens (tertiary/aromatic N) is 3. The van der Waals surface area contributed by atoms with Crippen LogP contribution in [0.1, 0.15) is 38.2 Å². The minimum atomic E-state index is 0.0867. The van der Waals surface area contributed by atoms with Crippen molar-refractivity contribution in [3.63, 3.8) is 0 Å². The molecule has 0 bridgehead atoms. The van der Waals surface area contributed by atoms with Crippen molar-refractivity contribution in [1.82, 2.24) is 20.1 Å². The first-order chi connectivity index (χ1) is 12.0. The Balaban J connectivity index is 1.58. The van der Waals surface area contributed by atoms with Crippen LogP contribution in [0, 0.1) is 12.8 Å². The van der Waals surface area contributed by atoms with Crippen LogP contribution in [0.25, 0.3) is 11.4 Å². The minimum Gasteiger partial charge on any atom is -0.352 e. The first-order valence-electron chi connectivity index (χ1n) is 8.93. The summed E-state index contributed by atoms with van der Waals surface area (Å²) in [5, 5.41) is 12.5. The lowest BCUT2D eigenvalue weighted by atomic mass is 9.86. The molecule has 1 amide bonds. The number of benzene rings is 1. The molecule has 2 atom stereocenters. The monoisotopic (exact) mass is 358 g/mol. The van der Waals surface area contributed by atoms with Gasteiger partial charge in [-0.15, -0.1) is 10.2 Å². The van der Waals surface area contributed by atoms with E-state index in [4.69, 9.17) is 0 Å². The third kappa shape index (κ3) is 4.42. The summed E-state index contributed by atoms with van der Waals surface area (Å²) >= 11 is 1.44. The Kier molecular flexibility index (Phi) is 5.78. The van der Waals surface area contributed by atoms with Crippen LogP contribution in [0.4, 0.5) is 0 Å². The van der Waals surface area contributed by atoms with Gasteiger partial charge in [0.2, 0.25) is 5.91 Å². The van der Waals surface area contributed by atoms with Crippen molar-refractivity contribution in [3.05, 3.63) is 29.8 Å². The van der Waals surface area contributed by atoms with Gasteiger partial charge in [-0.25, -0.2) is 0 Å². The predicted molar refractivity (Wildman–Crippen MR) is 101 cm³/mol. The van der Waals surface area contributed by atoms with E-state index in [1.54, 1.807) is 0 Å². The Bertz CT molecular complexity index is 726. The zero-order chi connectivity index (χ0) is 17.8. The van der Waals surface area contributed by atoms with Crippen molar-refractivity contribution >= 4 is 17.7 Å². The molecule has 25 heavy (non-hydrogen) atoms. The number of aryl methyl sites for hydroxylation is 1. The van der Waals surface area contributed by atoms with Crippen molar-refractivity contribution < 1.29 is 4.79 Å². The van der Waals surface area contributed by atoms with Crippen molar-refractivity contribution in [3.8, 4) is 11.4 Å². The molecule has 5 nitrogen and oxygen atoms in total. The number of hydrogen-bond donors (Lipinski definition) is 1. The highest BCUT2D eigenvalue weighted by molar-refractivity contribution is 7.99. The summed E-state index contributed by atoms with van der Waals surface area (Å²) in [6, 6.07) is 8.55. The fraction of sp³-hybridized carbons (Fsp3) is 0.526. The van der Waals surface area contributed by atoms with Gasteiger partial charge in [-0.3, -0.25) is 4.79 Å². The number of rotatable bonds is 5. The molecule has 1 heterocycles. The highest BCUT2D eigenvalue weighted by Crippen LogP contribution is 2.25. The molecule has 1 saturated carbocycles. The fourth-order valence-corrected chi connectivity index (χ4v) is 4.03. The van der Waals surface area contributed by atoms with Gasteiger partial charge in [-0.1, -0.05) is 61.4 Å². The third-order valence-corrected chi connectivity index (χ3v) is 5.96. The molecule has 1 aromatic heterocycles. The Morgan fingerprint density at radius 1 is 1.24 bits per heavy atom. The fourth-order valence-electron chi connectivity index (χ4n) is 3.30. The maximum Gasteiger partial charge on any atom is 0.230 e. The van der Waals surface area contributed by atoms with Crippen LogP contribution in [0.2, 0.25) is 0 Å². The molecule has 2 aromatic rings. The molecule has 6 heteroatoms. The Morgan fingerprint density at radius 3 is 2.68 bits per heavy atom. The summed E-state index contributed by atoms with van der Waals surface area (Å²) in [4.78, 5) is 12.3. The zero-order valence-electron chi connectivity index (χ0n) is 15.2. The number of thioether (sulfide) groups is 1. The van der Waals surface area contributed by atoms with Crippen LogP contribution in [-0.2, 0) is 11.8 Å². The summed E-state index contributed by atoms with van der Waals surface area (Å²) in [5.41, 5.74) is 2.25. The van der Waals surface area contributed by atoms with Gasteiger partial charge < -0.3 is 9.88 Å². The van der Waals surface area contributed by atoms with Gasteiger partial charge in [0.1, 0.15) is 0 Å². The van der Waals surface area contributed by atoms with E-state index in [1.165, 1.54) is 36.6 Å². The van der Waals surface area contributed by atoms with Gasteiger partial charge in [0.05, 0.1) is 5.75 Å². The maximum absolute atomic E-state index is 12.3. The molecule has 0 aliphatic heterocycles. The van der Waals surface area contributed by atoms with Gasteiger partial charge in [0.15, 0.2) is 11.0 Å². The summed E-state index contributed by atoms with van der Waals surface area (Å²) < 4.78 is 1.95. The molecule has 0 unspecified atom stereocenters. The van der Waals surface area contributed by atoms with Crippen LogP contribution in [0.3, 0.4) is 0 Å². The van der Waals surface area contributed by atoms with Gasteiger partial charge in [-0.05, 0) is 25.7 Å². The van der Waals surface area contributed by atoms with Crippen molar-refractivity contribution in [2.45, 2.75) is 50.7 Å². The minimum absolute atomic E-state index is 0.0867. The summed E-state index contributed by atoms with van der Waals surface area (Å²) in [7, 11) is 1.94. The lowest BCUT2D eigenvalue weighted by Crippen LogP contribution is -2.41. The lowest BCUT2D eigenvalue weighted by Gasteiger charge is -2.29. The average Bonchev–Trinajstić information content (AvgIpc) is 2.97. The number of nitrogens with one attached hydrogen (secondary N) is 1. The Labute approximate surface area is 153 Å². The second-order valence-corrected chi connectivity index (χ2v) is 7.90. The van der Waals surface area contributed by atoms with E-state index in [0.29, 0.717) is 17.7 Å². The molecule has 0 spiro atoms. The zero-order valence-corrected chi connectivity index (χ0v) is 16.0. The quantitative estimate of drug-likeness (QED) is 0.830. The normalized spacial score (nSPS) is 20.4. The van der Waals surface area contributed by atoms with Crippen LogP contribution in [-0.4, -0.2) is 32.5 Å². The predicted octanol–water partition coefficient (Wildman–Crippen LogP) is 3.58. The Hall–Kier alpha value is -1.82. The molecule has 3 rings (SSSR count). The second kappa shape index (κ2) is 8.04. The first-order valence-corrected chi connectivity index (χ1v) is 9.91. The van der Waals surface area contributed by atoms with E-state index < -0.39 is 0 Å². The molecule has 0 saturated heterocycles. The van der Waals surface area contributed by atoms with Crippen molar-refractivity contribution in [1.29, 1.82) is 0 Å². The van der Waals surface area contributed by atoms with Crippen LogP contribution < -0.4 is 5.32 Å². The number of amides is 1. The molecule has 0 radical (unpaired) electrons. The van der Waals surface area contributed by atoms with Crippen LogP contribution in [0.15, 0.2) is 29.4 Å². The van der Waals surface area contributed by atoms with E-state index in [1.807, 2.05) is 23.7 Å². The van der Waals surface area contributed by atoms with Gasteiger partial charge in [-0.2, -0.15) is 0 Å². The molecule has 1 aromatic carbocycles. The molecule has 1 N–H and O–H groups in total. The van der Waals surface area contributed by atoms with Crippen molar-refractivity contribution in [2.75, 3.05) is 5.75 Å². The number of carbonyl (C=O) groups is 1. The maximum atomic E-state index is 12.3. The van der Waals surface area contributed by atoms with Gasteiger partial charge in [0.25, 0.3) is 0 Å². The SMILES string of the molecule is Cc1ccc(-c2nnc(SCC(=O)N[C@@H]3CCCC[C@@H]3C)n2C)cc1. The highest BCUT2D eigenvalue weighted by Gasteiger charge is 2.23. The average molecular weight is 359 g/mol. The number of aromatic nitrogens is 3.